The minimum Gasteiger partial charge on any atom is -0.466 e. The van der Waals surface area contributed by atoms with E-state index in [9.17, 15) is 4.79 Å². The molecule has 106 valence electrons. The molecule has 1 aliphatic heterocycles. The first-order chi connectivity index (χ1) is 9.79. The van der Waals surface area contributed by atoms with Crippen LogP contribution in [-0.4, -0.2) is 30.6 Å². The molecule has 3 rings (SSSR count). The standard InChI is InChI=1S/C15H18N2O2S/c1-2-19-15(18)11-4-3-8-17(10-11)14-12-6-9-20-13(12)5-7-16-14/h5-7,9,11H,2-4,8,10H2,1H3. The Morgan fingerprint density at radius 2 is 2.45 bits per heavy atom. The van der Waals surface area contributed by atoms with E-state index in [-0.39, 0.29) is 11.9 Å². The molecule has 2 aromatic rings. The first-order valence-corrected chi connectivity index (χ1v) is 7.91. The smallest absolute Gasteiger partial charge is 0.310 e. The Balaban J connectivity index is 1.83. The normalized spacial score (nSPS) is 19.2. The summed E-state index contributed by atoms with van der Waals surface area (Å²) in [6.45, 7) is 3.97. The molecule has 4 nitrogen and oxygen atoms in total. The lowest BCUT2D eigenvalue weighted by Gasteiger charge is -2.32. The predicted octanol–water partition coefficient (Wildman–Crippen LogP) is 3.08. The average Bonchev–Trinajstić information content (AvgIpc) is 2.96. The molecule has 0 aromatic carbocycles. The van der Waals surface area contributed by atoms with Gasteiger partial charge in [-0.3, -0.25) is 4.79 Å². The van der Waals surface area contributed by atoms with Gasteiger partial charge in [0.15, 0.2) is 0 Å². The third-order valence-corrected chi connectivity index (χ3v) is 4.58. The lowest BCUT2D eigenvalue weighted by Crippen LogP contribution is -2.39. The third-order valence-electron chi connectivity index (χ3n) is 3.70. The summed E-state index contributed by atoms with van der Waals surface area (Å²) in [5.41, 5.74) is 0. The maximum atomic E-state index is 11.9. The summed E-state index contributed by atoms with van der Waals surface area (Å²) in [7, 11) is 0. The summed E-state index contributed by atoms with van der Waals surface area (Å²) < 4.78 is 6.40. The summed E-state index contributed by atoms with van der Waals surface area (Å²) in [4.78, 5) is 18.7. The zero-order chi connectivity index (χ0) is 13.9. The number of ether oxygens (including phenoxy) is 1. The van der Waals surface area contributed by atoms with Gasteiger partial charge in [-0.1, -0.05) is 0 Å². The number of esters is 1. The number of piperidine rings is 1. The molecular formula is C15H18N2O2S. The molecule has 1 aliphatic rings. The Hall–Kier alpha value is -1.62. The van der Waals surface area contributed by atoms with Crippen LogP contribution in [-0.2, 0) is 9.53 Å². The van der Waals surface area contributed by atoms with Crippen molar-refractivity contribution in [3.8, 4) is 0 Å². The zero-order valence-electron chi connectivity index (χ0n) is 11.5. The molecule has 1 atom stereocenters. The predicted molar refractivity (Wildman–Crippen MR) is 81.2 cm³/mol. The molecule has 1 fully saturated rings. The fraction of sp³-hybridized carbons (Fsp3) is 0.467. The van der Waals surface area contributed by atoms with Gasteiger partial charge in [-0.15, -0.1) is 11.3 Å². The number of hydrogen-bond donors (Lipinski definition) is 0. The molecule has 0 N–H and O–H groups in total. The molecule has 0 radical (unpaired) electrons. The summed E-state index contributed by atoms with van der Waals surface area (Å²) >= 11 is 1.72. The van der Waals surface area contributed by atoms with Crippen LogP contribution in [0.15, 0.2) is 23.7 Å². The quantitative estimate of drug-likeness (QED) is 0.815. The van der Waals surface area contributed by atoms with E-state index >= 15 is 0 Å². The van der Waals surface area contributed by atoms with Gasteiger partial charge in [-0.05, 0) is 37.3 Å². The second kappa shape index (κ2) is 5.79. The lowest BCUT2D eigenvalue weighted by atomic mass is 9.98. The number of thiophene rings is 1. The Morgan fingerprint density at radius 3 is 3.30 bits per heavy atom. The van der Waals surface area contributed by atoms with E-state index in [1.54, 1.807) is 11.3 Å². The van der Waals surface area contributed by atoms with Gasteiger partial charge >= 0.3 is 5.97 Å². The molecule has 1 saturated heterocycles. The van der Waals surface area contributed by atoms with Crippen molar-refractivity contribution in [1.82, 2.24) is 4.98 Å². The fourth-order valence-electron chi connectivity index (χ4n) is 2.75. The number of fused-ring (bicyclic) bond motifs is 1. The van der Waals surface area contributed by atoms with Crippen molar-refractivity contribution in [3.05, 3.63) is 23.7 Å². The third kappa shape index (κ3) is 2.50. The van der Waals surface area contributed by atoms with Crippen molar-refractivity contribution in [3.63, 3.8) is 0 Å². The maximum absolute atomic E-state index is 11.9. The summed E-state index contributed by atoms with van der Waals surface area (Å²) in [5.74, 6) is 0.895. The van der Waals surface area contributed by atoms with Crippen molar-refractivity contribution in [2.24, 2.45) is 5.92 Å². The molecule has 3 heterocycles. The van der Waals surface area contributed by atoms with Gasteiger partial charge in [0.05, 0.1) is 12.5 Å². The molecule has 0 bridgehead atoms. The van der Waals surface area contributed by atoms with Gasteiger partial charge in [0.1, 0.15) is 5.82 Å². The van der Waals surface area contributed by atoms with E-state index in [0.29, 0.717) is 13.2 Å². The van der Waals surface area contributed by atoms with Gasteiger partial charge in [-0.25, -0.2) is 4.98 Å². The van der Waals surface area contributed by atoms with Crippen molar-refractivity contribution in [1.29, 1.82) is 0 Å². The molecular weight excluding hydrogens is 272 g/mol. The Labute approximate surface area is 122 Å². The highest BCUT2D eigenvalue weighted by Gasteiger charge is 2.28. The highest BCUT2D eigenvalue weighted by molar-refractivity contribution is 7.17. The van der Waals surface area contributed by atoms with Crippen LogP contribution in [0.25, 0.3) is 10.1 Å². The number of anilines is 1. The van der Waals surface area contributed by atoms with Gasteiger partial charge in [0, 0.05) is 29.4 Å². The molecule has 0 saturated carbocycles. The molecule has 0 aliphatic carbocycles. The summed E-state index contributed by atoms with van der Waals surface area (Å²) in [6, 6.07) is 4.15. The molecule has 0 amide bonds. The average molecular weight is 290 g/mol. The topological polar surface area (TPSA) is 42.4 Å². The highest BCUT2D eigenvalue weighted by atomic mass is 32.1. The van der Waals surface area contributed by atoms with E-state index in [2.05, 4.69) is 21.3 Å². The maximum Gasteiger partial charge on any atom is 0.310 e. The van der Waals surface area contributed by atoms with Gasteiger partial charge in [-0.2, -0.15) is 0 Å². The van der Waals surface area contributed by atoms with Crippen molar-refractivity contribution < 1.29 is 9.53 Å². The van der Waals surface area contributed by atoms with Crippen LogP contribution in [0.1, 0.15) is 19.8 Å². The molecule has 1 unspecified atom stereocenters. The number of carbonyl (C=O) groups excluding carboxylic acids is 1. The Morgan fingerprint density at radius 1 is 1.55 bits per heavy atom. The second-order valence-electron chi connectivity index (χ2n) is 5.00. The first kappa shape index (κ1) is 13.4. The minimum absolute atomic E-state index is 0.0283. The van der Waals surface area contributed by atoms with Crippen molar-refractivity contribution in [2.75, 3.05) is 24.6 Å². The van der Waals surface area contributed by atoms with Gasteiger partial charge < -0.3 is 9.64 Å². The number of pyridine rings is 1. The number of aromatic nitrogens is 1. The molecule has 2 aromatic heterocycles. The lowest BCUT2D eigenvalue weighted by molar-refractivity contribution is -0.148. The molecule has 20 heavy (non-hydrogen) atoms. The van der Waals surface area contributed by atoms with Crippen molar-refractivity contribution >= 4 is 33.2 Å². The molecule has 5 heteroatoms. The van der Waals surface area contributed by atoms with E-state index in [0.717, 1.165) is 25.2 Å². The van der Waals surface area contributed by atoms with Crippen LogP contribution in [0.2, 0.25) is 0 Å². The SMILES string of the molecule is CCOC(=O)C1CCCN(c2nccc3sccc23)C1. The zero-order valence-corrected chi connectivity index (χ0v) is 12.4. The van der Waals surface area contributed by atoms with E-state index < -0.39 is 0 Å². The Kier molecular flexibility index (Phi) is 3.87. The van der Waals surface area contributed by atoms with Crippen molar-refractivity contribution in [2.45, 2.75) is 19.8 Å². The largest absolute Gasteiger partial charge is 0.466 e. The van der Waals surface area contributed by atoms with E-state index in [4.69, 9.17) is 4.74 Å². The molecule has 0 spiro atoms. The second-order valence-corrected chi connectivity index (χ2v) is 5.95. The van der Waals surface area contributed by atoms with Crippen LogP contribution in [0.3, 0.4) is 0 Å². The van der Waals surface area contributed by atoms with E-state index in [1.807, 2.05) is 19.2 Å². The van der Waals surface area contributed by atoms with E-state index in [1.165, 1.54) is 10.1 Å². The Bertz CT molecular complexity index is 611. The summed E-state index contributed by atoms with van der Waals surface area (Å²) in [5, 5.41) is 3.27. The number of carbonyl (C=O) groups is 1. The first-order valence-electron chi connectivity index (χ1n) is 7.03. The summed E-state index contributed by atoms with van der Waals surface area (Å²) in [6.07, 6.45) is 3.77. The number of rotatable bonds is 3. The van der Waals surface area contributed by atoms with Gasteiger partial charge in [0.2, 0.25) is 0 Å². The van der Waals surface area contributed by atoms with Gasteiger partial charge in [0.25, 0.3) is 0 Å². The monoisotopic (exact) mass is 290 g/mol. The fourth-order valence-corrected chi connectivity index (χ4v) is 3.53. The number of hydrogen-bond acceptors (Lipinski definition) is 5. The van der Waals surface area contributed by atoms with Crippen LogP contribution in [0, 0.1) is 5.92 Å². The van der Waals surface area contributed by atoms with Crippen LogP contribution < -0.4 is 4.90 Å². The number of nitrogens with zero attached hydrogens (tertiary/aromatic N) is 2. The van der Waals surface area contributed by atoms with Crippen LogP contribution in [0.5, 0.6) is 0 Å². The van der Waals surface area contributed by atoms with Crippen LogP contribution in [0.4, 0.5) is 5.82 Å². The minimum atomic E-state index is -0.0744. The highest BCUT2D eigenvalue weighted by Crippen LogP contribution is 2.31. The van der Waals surface area contributed by atoms with Crippen LogP contribution >= 0.6 is 11.3 Å².